The van der Waals surface area contributed by atoms with Gasteiger partial charge in [-0.2, -0.15) is 0 Å². The smallest absolute Gasteiger partial charge is 0.407 e. The number of halogens is 1. The van der Waals surface area contributed by atoms with E-state index in [1.54, 1.807) is 13.2 Å². The summed E-state index contributed by atoms with van der Waals surface area (Å²) >= 11 is 6.24. The predicted octanol–water partition coefficient (Wildman–Crippen LogP) is 2.59. The summed E-state index contributed by atoms with van der Waals surface area (Å²) < 4.78 is 16.6. The molecule has 0 bridgehead atoms. The number of nitrogens with one attached hydrogen (secondary N) is 2. The lowest BCUT2D eigenvalue weighted by Gasteiger charge is -2.38. The number of methoxy groups -OCH3 is 1. The van der Waals surface area contributed by atoms with E-state index in [1.165, 1.54) is 0 Å². The van der Waals surface area contributed by atoms with Crippen LogP contribution in [0, 0.1) is 0 Å². The number of anilines is 1. The van der Waals surface area contributed by atoms with Crippen LogP contribution in [-0.2, 0) is 15.9 Å². The van der Waals surface area contributed by atoms with Gasteiger partial charge in [-0.15, -0.1) is 0 Å². The maximum atomic E-state index is 13.0. The summed E-state index contributed by atoms with van der Waals surface area (Å²) in [6, 6.07) is 1.44. The Hall–Kier alpha value is -2.23. The molecule has 2 heterocycles. The van der Waals surface area contributed by atoms with Gasteiger partial charge in [-0.3, -0.25) is 4.79 Å². The minimum atomic E-state index is -0.508. The van der Waals surface area contributed by atoms with Crippen LogP contribution < -0.4 is 21.1 Å². The van der Waals surface area contributed by atoms with Gasteiger partial charge in [0.05, 0.1) is 35.0 Å². The number of carbonyl (C=O) groups is 2. The summed E-state index contributed by atoms with van der Waals surface area (Å²) in [6.45, 7) is 8.84. The van der Waals surface area contributed by atoms with Crippen LogP contribution >= 0.6 is 11.6 Å². The zero-order valence-corrected chi connectivity index (χ0v) is 20.6. The molecular weight excluding hydrogens is 448 g/mol. The van der Waals surface area contributed by atoms with Crippen molar-refractivity contribution in [1.29, 1.82) is 0 Å². The molecule has 1 aromatic carbocycles. The van der Waals surface area contributed by atoms with Crippen molar-refractivity contribution in [2.75, 3.05) is 45.6 Å². The third kappa shape index (κ3) is 6.65. The third-order valence-corrected chi connectivity index (χ3v) is 6.11. The van der Waals surface area contributed by atoms with Gasteiger partial charge >= 0.3 is 6.09 Å². The summed E-state index contributed by atoms with van der Waals surface area (Å²) in [6.07, 6.45) is 1.62. The normalized spacial score (nSPS) is 20.6. The quantitative estimate of drug-likeness (QED) is 0.404. The highest BCUT2D eigenvalue weighted by Gasteiger charge is 2.32. The lowest BCUT2D eigenvalue weighted by molar-refractivity contribution is 0.00604. The number of nitrogens with two attached hydrogens (primary N) is 1. The molecule has 1 aromatic rings. The summed E-state index contributed by atoms with van der Waals surface area (Å²) in [5.74, 6) is 0.287. The van der Waals surface area contributed by atoms with Gasteiger partial charge in [-0.1, -0.05) is 11.6 Å². The fourth-order valence-corrected chi connectivity index (χ4v) is 4.40. The third-order valence-electron chi connectivity index (χ3n) is 5.80. The van der Waals surface area contributed by atoms with E-state index < -0.39 is 11.7 Å². The van der Waals surface area contributed by atoms with Gasteiger partial charge in [0.2, 0.25) is 0 Å². The molecule has 0 radical (unpaired) electrons. The van der Waals surface area contributed by atoms with Gasteiger partial charge in [0, 0.05) is 38.7 Å². The number of benzene rings is 1. The molecule has 1 saturated heterocycles. The standard InChI is InChI=1S/C23H35ClN4O5/c1-23(2,3)33-22(30)26-8-5-9-28-10-6-17(18(13-28)31-4)27-21(29)15-12-16(24)19(25)14-7-11-32-20(14)15/h12,17-18H,5-11,13,25H2,1-4H3,(H,26,30)(H,27,29). The second-order valence-electron chi connectivity index (χ2n) is 9.45. The largest absolute Gasteiger partial charge is 0.492 e. The molecule has 33 heavy (non-hydrogen) atoms. The van der Waals surface area contributed by atoms with Crippen molar-refractivity contribution < 1.29 is 23.8 Å². The maximum Gasteiger partial charge on any atom is 0.407 e. The zero-order valence-electron chi connectivity index (χ0n) is 19.8. The molecule has 2 aliphatic heterocycles. The SMILES string of the molecule is COC1CN(CCCNC(=O)OC(C)(C)C)CCC1NC(=O)c1cc(Cl)c(N)c2c1OCC2. The first-order valence-electron chi connectivity index (χ1n) is 11.4. The average Bonchev–Trinajstić information content (AvgIpc) is 3.23. The molecule has 0 aliphatic carbocycles. The van der Waals surface area contributed by atoms with Crippen LogP contribution in [0.25, 0.3) is 0 Å². The van der Waals surface area contributed by atoms with Crippen LogP contribution in [0.5, 0.6) is 5.75 Å². The van der Waals surface area contributed by atoms with E-state index in [2.05, 4.69) is 15.5 Å². The predicted molar refractivity (Wildman–Crippen MR) is 127 cm³/mol. The van der Waals surface area contributed by atoms with Crippen LogP contribution in [0.1, 0.15) is 49.5 Å². The van der Waals surface area contributed by atoms with Crippen LogP contribution in [0.3, 0.4) is 0 Å². The molecule has 3 rings (SSSR count). The number of hydrogen-bond donors (Lipinski definition) is 3. The first kappa shape index (κ1) is 25.4. The van der Waals surface area contributed by atoms with Crippen LogP contribution in [0.2, 0.25) is 5.02 Å². The topological polar surface area (TPSA) is 115 Å². The molecule has 1 fully saturated rings. The molecule has 2 atom stereocenters. The van der Waals surface area contributed by atoms with Gasteiger partial charge in [0.25, 0.3) is 5.91 Å². The number of carbonyl (C=O) groups excluding carboxylic acids is 2. The molecule has 184 valence electrons. The Morgan fingerprint density at radius 1 is 1.36 bits per heavy atom. The van der Waals surface area contributed by atoms with Crippen LogP contribution in [0.4, 0.5) is 10.5 Å². The number of nitrogens with zero attached hydrogens (tertiary/aromatic N) is 1. The summed E-state index contributed by atoms with van der Waals surface area (Å²) in [5, 5.41) is 6.24. The number of rotatable bonds is 7. The second kappa shape index (κ2) is 10.8. The number of fused-ring (bicyclic) bond motifs is 1. The number of ether oxygens (including phenoxy) is 3. The lowest BCUT2D eigenvalue weighted by atomic mass is 10.00. The number of likely N-dealkylation sites (tertiary alicyclic amines) is 1. The van der Waals surface area contributed by atoms with Crippen molar-refractivity contribution in [2.24, 2.45) is 0 Å². The van der Waals surface area contributed by atoms with Crippen molar-refractivity contribution in [1.82, 2.24) is 15.5 Å². The van der Waals surface area contributed by atoms with E-state index in [9.17, 15) is 9.59 Å². The minimum Gasteiger partial charge on any atom is -0.492 e. The summed E-state index contributed by atoms with van der Waals surface area (Å²) in [4.78, 5) is 27.1. The van der Waals surface area contributed by atoms with Crippen LogP contribution in [-0.4, -0.2) is 74.5 Å². The van der Waals surface area contributed by atoms with Gasteiger partial charge in [0.1, 0.15) is 11.4 Å². The highest BCUT2D eigenvalue weighted by atomic mass is 35.5. The Bertz CT molecular complexity index is 873. The van der Waals surface area contributed by atoms with Gasteiger partial charge in [-0.05, 0) is 46.2 Å². The Balaban J connectivity index is 1.50. The maximum absolute atomic E-state index is 13.0. The van der Waals surface area contributed by atoms with E-state index in [-0.39, 0.29) is 18.1 Å². The van der Waals surface area contributed by atoms with Crippen molar-refractivity contribution in [3.8, 4) is 5.75 Å². The monoisotopic (exact) mass is 482 g/mol. The first-order valence-corrected chi connectivity index (χ1v) is 11.7. The van der Waals surface area contributed by atoms with E-state index in [1.807, 2.05) is 20.8 Å². The molecular formula is C23H35ClN4O5. The van der Waals surface area contributed by atoms with Gasteiger partial charge in [0.15, 0.2) is 0 Å². The highest BCUT2D eigenvalue weighted by molar-refractivity contribution is 6.33. The number of nitrogen functional groups attached to an aromatic ring is 1. The van der Waals surface area contributed by atoms with Crippen molar-refractivity contribution in [3.63, 3.8) is 0 Å². The minimum absolute atomic E-state index is 0.132. The Morgan fingerprint density at radius 3 is 2.82 bits per heavy atom. The molecule has 4 N–H and O–H groups in total. The van der Waals surface area contributed by atoms with Gasteiger partial charge in [-0.25, -0.2) is 4.79 Å². The fourth-order valence-electron chi connectivity index (χ4n) is 4.18. The molecule has 0 spiro atoms. The zero-order chi connectivity index (χ0) is 24.2. The van der Waals surface area contributed by atoms with Gasteiger partial charge < -0.3 is 35.5 Å². The Morgan fingerprint density at radius 2 is 2.12 bits per heavy atom. The summed E-state index contributed by atoms with van der Waals surface area (Å²) in [7, 11) is 1.65. The van der Waals surface area contributed by atoms with E-state index in [4.69, 9.17) is 31.5 Å². The summed E-state index contributed by atoms with van der Waals surface area (Å²) in [5.41, 5.74) is 7.22. The molecule has 2 aliphatic rings. The van der Waals surface area contributed by atoms with E-state index in [0.29, 0.717) is 48.1 Å². The fraction of sp³-hybridized carbons (Fsp3) is 0.652. The van der Waals surface area contributed by atoms with E-state index >= 15 is 0 Å². The number of piperidine rings is 1. The van der Waals surface area contributed by atoms with Crippen molar-refractivity contribution >= 4 is 29.3 Å². The number of alkyl carbamates (subject to hydrolysis) is 1. The highest BCUT2D eigenvalue weighted by Crippen LogP contribution is 2.38. The van der Waals surface area contributed by atoms with E-state index in [0.717, 1.165) is 31.5 Å². The Labute approximate surface area is 200 Å². The van der Waals surface area contributed by atoms with Crippen molar-refractivity contribution in [2.45, 2.75) is 57.8 Å². The molecule has 2 unspecified atom stereocenters. The second-order valence-corrected chi connectivity index (χ2v) is 9.86. The molecule has 0 aromatic heterocycles. The molecule has 2 amide bonds. The Kier molecular flexibility index (Phi) is 8.31. The van der Waals surface area contributed by atoms with Crippen molar-refractivity contribution in [3.05, 3.63) is 22.2 Å². The average molecular weight is 483 g/mol. The molecule has 10 heteroatoms. The first-order chi connectivity index (χ1) is 15.6. The number of hydrogen-bond acceptors (Lipinski definition) is 7. The molecule has 0 saturated carbocycles. The lowest BCUT2D eigenvalue weighted by Crippen LogP contribution is -2.55. The number of amides is 2. The molecule has 9 nitrogen and oxygen atoms in total. The van der Waals surface area contributed by atoms with Crippen LogP contribution in [0.15, 0.2) is 6.07 Å².